The van der Waals surface area contributed by atoms with Gasteiger partial charge in [0.05, 0.1) is 6.61 Å². The Balaban J connectivity index is 2.53. The molecule has 1 rings (SSSR count). The SMILES string of the molecule is CN(C)c1ccc(C=CC(=O)NCC(C)(O)CO)cc1. The van der Waals surface area contributed by atoms with Crippen molar-refractivity contribution in [1.82, 2.24) is 5.32 Å². The van der Waals surface area contributed by atoms with Crippen LogP contribution in [0.2, 0.25) is 0 Å². The maximum absolute atomic E-state index is 11.6. The number of aliphatic hydroxyl groups excluding tert-OH is 1. The number of aliphatic hydroxyl groups is 2. The van der Waals surface area contributed by atoms with Gasteiger partial charge in [-0.2, -0.15) is 0 Å². The van der Waals surface area contributed by atoms with Crippen LogP contribution in [0.25, 0.3) is 6.08 Å². The van der Waals surface area contributed by atoms with Crippen molar-refractivity contribution < 1.29 is 15.0 Å². The average Bonchev–Trinajstić information content (AvgIpc) is 2.43. The van der Waals surface area contributed by atoms with Crippen LogP contribution in [0.1, 0.15) is 12.5 Å². The minimum absolute atomic E-state index is 0.00619. The third-order valence-corrected chi connectivity index (χ3v) is 2.82. The number of carbonyl (C=O) groups excluding carboxylic acids is 1. The molecule has 110 valence electrons. The predicted molar refractivity (Wildman–Crippen MR) is 80.5 cm³/mol. The van der Waals surface area contributed by atoms with Crippen LogP contribution in [-0.4, -0.2) is 49.0 Å². The zero-order valence-electron chi connectivity index (χ0n) is 12.1. The van der Waals surface area contributed by atoms with Crippen molar-refractivity contribution >= 4 is 17.7 Å². The van der Waals surface area contributed by atoms with E-state index in [1.807, 2.05) is 43.3 Å². The number of amides is 1. The monoisotopic (exact) mass is 278 g/mol. The third kappa shape index (κ3) is 5.42. The summed E-state index contributed by atoms with van der Waals surface area (Å²) < 4.78 is 0. The van der Waals surface area contributed by atoms with E-state index in [1.165, 1.54) is 13.0 Å². The predicted octanol–water partition coefficient (Wildman–Crippen LogP) is 0.625. The van der Waals surface area contributed by atoms with E-state index in [-0.39, 0.29) is 12.5 Å². The molecule has 1 aromatic carbocycles. The van der Waals surface area contributed by atoms with Crippen molar-refractivity contribution in [2.75, 3.05) is 32.1 Å². The molecule has 0 saturated heterocycles. The Labute approximate surface area is 119 Å². The molecule has 1 unspecified atom stereocenters. The number of hydrogen-bond acceptors (Lipinski definition) is 4. The molecular formula is C15H22N2O3. The molecule has 1 atom stereocenters. The number of nitrogens with one attached hydrogen (secondary N) is 1. The number of anilines is 1. The van der Waals surface area contributed by atoms with Crippen molar-refractivity contribution in [3.8, 4) is 0 Å². The molecule has 0 aliphatic carbocycles. The first-order valence-electron chi connectivity index (χ1n) is 6.40. The second kappa shape index (κ2) is 7.07. The molecule has 0 heterocycles. The molecule has 0 fully saturated rings. The van der Waals surface area contributed by atoms with Crippen molar-refractivity contribution in [3.63, 3.8) is 0 Å². The molecule has 5 nitrogen and oxygen atoms in total. The fourth-order valence-electron chi connectivity index (χ4n) is 1.45. The minimum Gasteiger partial charge on any atom is -0.393 e. The highest BCUT2D eigenvalue weighted by molar-refractivity contribution is 5.91. The summed E-state index contributed by atoms with van der Waals surface area (Å²) in [5, 5.41) is 20.9. The molecular weight excluding hydrogens is 256 g/mol. The van der Waals surface area contributed by atoms with Gasteiger partial charge >= 0.3 is 0 Å². The van der Waals surface area contributed by atoms with Crippen LogP contribution in [0, 0.1) is 0 Å². The smallest absolute Gasteiger partial charge is 0.244 e. The molecule has 0 spiro atoms. The number of nitrogens with zero attached hydrogens (tertiary/aromatic N) is 1. The van der Waals surface area contributed by atoms with Crippen molar-refractivity contribution in [3.05, 3.63) is 35.9 Å². The van der Waals surface area contributed by atoms with Gasteiger partial charge in [0.2, 0.25) is 5.91 Å². The Hall–Kier alpha value is -1.85. The van der Waals surface area contributed by atoms with E-state index in [0.29, 0.717) is 0 Å². The highest BCUT2D eigenvalue weighted by Crippen LogP contribution is 2.13. The van der Waals surface area contributed by atoms with Gasteiger partial charge in [-0.05, 0) is 30.7 Å². The lowest BCUT2D eigenvalue weighted by Gasteiger charge is -2.19. The molecule has 0 radical (unpaired) electrons. The lowest BCUT2D eigenvalue weighted by Crippen LogP contribution is -2.42. The summed E-state index contributed by atoms with van der Waals surface area (Å²) in [5.74, 6) is -0.310. The highest BCUT2D eigenvalue weighted by atomic mass is 16.3. The summed E-state index contributed by atoms with van der Waals surface area (Å²) in [7, 11) is 3.93. The van der Waals surface area contributed by atoms with Gasteiger partial charge in [0.15, 0.2) is 0 Å². The van der Waals surface area contributed by atoms with Gasteiger partial charge in [0, 0.05) is 32.4 Å². The van der Waals surface area contributed by atoms with E-state index in [2.05, 4.69) is 5.32 Å². The standard InChI is InChI=1S/C15H22N2O3/c1-15(20,11-18)10-16-14(19)9-6-12-4-7-13(8-5-12)17(2)3/h4-9,18,20H,10-11H2,1-3H3,(H,16,19). The summed E-state index contributed by atoms with van der Waals surface area (Å²) in [6.07, 6.45) is 3.10. The maximum Gasteiger partial charge on any atom is 0.244 e. The molecule has 1 aromatic rings. The Morgan fingerprint density at radius 1 is 1.35 bits per heavy atom. The van der Waals surface area contributed by atoms with Crippen molar-refractivity contribution in [1.29, 1.82) is 0 Å². The van der Waals surface area contributed by atoms with E-state index in [9.17, 15) is 9.90 Å². The van der Waals surface area contributed by atoms with Crippen molar-refractivity contribution in [2.45, 2.75) is 12.5 Å². The van der Waals surface area contributed by atoms with Crippen LogP contribution in [0.3, 0.4) is 0 Å². The number of benzene rings is 1. The van der Waals surface area contributed by atoms with Gasteiger partial charge in [-0.15, -0.1) is 0 Å². The molecule has 5 heteroatoms. The number of hydrogen-bond donors (Lipinski definition) is 3. The second-order valence-electron chi connectivity index (χ2n) is 5.19. The molecule has 3 N–H and O–H groups in total. The summed E-state index contributed by atoms with van der Waals surface area (Å²) in [6, 6.07) is 7.77. The molecule has 0 aliphatic heterocycles. The Morgan fingerprint density at radius 2 is 1.95 bits per heavy atom. The molecule has 0 bridgehead atoms. The first kappa shape index (κ1) is 16.2. The van der Waals surface area contributed by atoms with E-state index in [4.69, 9.17) is 5.11 Å². The quantitative estimate of drug-likeness (QED) is 0.667. The topological polar surface area (TPSA) is 72.8 Å². The Bertz CT molecular complexity index is 465. The van der Waals surface area contributed by atoms with Gasteiger partial charge in [-0.1, -0.05) is 12.1 Å². The summed E-state index contributed by atoms with van der Waals surface area (Å²) >= 11 is 0. The summed E-state index contributed by atoms with van der Waals surface area (Å²) in [5.41, 5.74) is 0.710. The zero-order valence-corrected chi connectivity index (χ0v) is 12.1. The third-order valence-electron chi connectivity index (χ3n) is 2.82. The van der Waals surface area contributed by atoms with Crippen molar-refractivity contribution in [2.24, 2.45) is 0 Å². The fourth-order valence-corrected chi connectivity index (χ4v) is 1.45. The number of rotatable bonds is 6. The van der Waals surface area contributed by atoms with Gasteiger partial charge in [0.1, 0.15) is 5.60 Å². The average molecular weight is 278 g/mol. The zero-order chi connectivity index (χ0) is 15.2. The van der Waals surface area contributed by atoms with E-state index >= 15 is 0 Å². The maximum atomic E-state index is 11.6. The van der Waals surface area contributed by atoms with E-state index in [1.54, 1.807) is 6.08 Å². The highest BCUT2D eigenvalue weighted by Gasteiger charge is 2.18. The van der Waals surface area contributed by atoms with Crippen LogP contribution in [0.5, 0.6) is 0 Å². The Kier molecular flexibility index (Phi) is 5.73. The van der Waals surface area contributed by atoms with Gasteiger partial charge in [-0.3, -0.25) is 4.79 Å². The van der Waals surface area contributed by atoms with Crippen LogP contribution in [-0.2, 0) is 4.79 Å². The molecule has 0 aliphatic rings. The van der Waals surface area contributed by atoms with Gasteiger partial charge in [0.25, 0.3) is 0 Å². The van der Waals surface area contributed by atoms with E-state index in [0.717, 1.165) is 11.3 Å². The fraction of sp³-hybridized carbons (Fsp3) is 0.400. The van der Waals surface area contributed by atoms with Gasteiger partial charge < -0.3 is 20.4 Å². The summed E-state index contributed by atoms with van der Waals surface area (Å²) in [4.78, 5) is 13.6. The normalized spacial score (nSPS) is 14.1. The molecule has 0 saturated carbocycles. The second-order valence-corrected chi connectivity index (χ2v) is 5.19. The van der Waals surface area contributed by atoms with Gasteiger partial charge in [-0.25, -0.2) is 0 Å². The molecule has 1 amide bonds. The lowest BCUT2D eigenvalue weighted by atomic mass is 10.1. The first-order chi connectivity index (χ1) is 9.34. The van der Waals surface area contributed by atoms with Crippen LogP contribution < -0.4 is 10.2 Å². The van der Waals surface area contributed by atoms with Crippen LogP contribution in [0.4, 0.5) is 5.69 Å². The molecule has 0 aromatic heterocycles. The van der Waals surface area contributed by atoms with Crippen LogP contribution >= 0.6 is 0 Å². The minimum atomic E-state index is -1.29. The molecule has 20 heavy (non-hydrogen) atoms. The number of carbonyl (C=O) groups is 1. The summed E-state index contributed by atoms with van der Waals surface area (Å²) in [6.45, 7) is 1.06. The lowest BCUT2D eigenvalue weighted by molar-refractivity contribution is -0.117. The van der Waals surface area contributed by atoms with Crippen LogP contribution in [0.15, 0.2) is 30.3 Å². The Morgan fingerprint density at radius 3 is 2.45 bits per heavy atom. The first-order valence-corrected chi connectivity index (χ1v) is 6.40. The van der Waals surface area contributed by atoms with E-state index < -0.39 is 12.2 Å². The largest absolute Gasteiger partial charge is 0.393 e.